The highest BCUT2D eigenvalue weighted by atomic mass is 19.4. The molecule has 0 fully saturated rings. The van der Waals surface area contributed by atoms with Crippen molar-refractivity contribution in [1.82, 2.24) is 5.32 Å². The normalized spacial score (nSPS) is 21.1. The van der Waals surface area contributed by atoms with Gasteiger partial charge in [-0.25, -0.2) is 0 Å². The number of benzene rings is 1. The molecule has 182 valence electrons. The molecule has 3 unspecified atom stereocenters. The number of fused-ring (bicyclic) bond motifs is 1. The average molecular weight is 472 g/mol. The van der Waals surface area contributed by atoms with E-state index in [0.29, 0.717) is 0 Å². The summed E-state index contributed by atoms with van der Waals surface area (Å²) < 4.78 is 86.3. The van der Waals surface area contributed by atoms with Crippen LogP contribution in [0, 0.1) is 10.8 Å². The van der Waals surface area contributed by atoms with Crippen molar-refractivity contribution in [2.24, 2.45) is 11.1 Å². The van der Waals surface area contributed by atoms with Crippen LogP contribution in [0.4, 0.5) is 26.3 Å². The van der Waals surface area contributed by atoms with Gasteiger partial charge in [0.05, 0.1) is 6.10 Å². The van der Waals surface area contributed by atoms with Crippen LogP contribution in [0.3, 0.4) is 0 Å². The monoisotopic (exact) mass is 472 g/mol. The Morgan fingerprint density at radius 1 is 1.12 bits per heavy atom. The number of hydrogen-bond donors (Lipinski definition) is 3. The van der Waals surface area contributed by atoms with E-state index in [9.17, 15) is 41.5 Å². The number of nitrogens with zero attached hydrogens (tertiary/aromatic N) is 1. The molecule has 0 spiro atoms. The third-order valence-electron chi connectivity index (χ3n) is 5.39. The fourth-order valence-electron chi connectivity index (χ4n) is 3.74. The minimum absolute atomic E-state index is 0.0710. The van der Waals surface area contributed by atoms with Crippen LogP contribution < -0.4 is 10.1 Å². The number of halogens is 6. The molecular formula is C20H26F6N2O4. The van der Waals surface area contributed by atoms with Crippen molar-refractivity contribution in [2.45, 2.75) is 69.3 Å². The van der Waals surface area contributed by atoms with Gasteiger partial charge in [0, 0.05) is 24.4 Å². The highest BCUT2D eigenvalue weighted by Crippen LogP contribution is 2.54. The number of ether oxygens (including phenoxy) is 1. The number of nitroso groups, excluding NO2 is 1. The molecule has 3 N–H and O–H groups in total. The maximum absolute atomic E-state index is 13.5. The lowest BCUT2D eigenvalue weighted by Gasteiger charge is -2.42. The Hall–Kier alpha value is -1.92. The summed E-state index contributed by atoms with van der Waals surface area (Å²) in [5, 5.41) is 24.9. The third kappa shape index (κ3) is 5.34. The van der Waals surface area contributed by atoms with Crippen LogP contribution in [0.1, 0.15) is 31.9 Å². The predicted octanol–water partition coefficient (Wildman–Crippen LogP) is 3.52. The van der Waals surface area contributed by atoms with Gasteiger partial charge in [-0.05, 0) is 49.6 Å². The zero-order chi connectivity index (χ0) is 24.5. The lowest BCUT2D eigenvalue weighted by molar-refractivity contribution is -0.318. The molecule has 3 atom stereocenters. The molecule has 0 saturated carbocycles. The van der Waals surface area contributed by atoms with E-state index in [-0.39, 0.29) is 35.6 Å². The summed E-state index contributed by atoms with van der Waals surface area (Å²) in [5.74, 6) is -2.43. The maximum Gasteiger partial charge on any atom is 0.426 e. The summed E-state index contributed by atoms with van der Waals surface area (Å²) >= 11 is 0. The van der Waals surface area contributed by atoms with E-state index in [1.165, 1.54) is 23.4 Å². The van der Waals surface area contributed by atoms with Gasteiger partial charge in [-0.3, -0.25) is 0 Å². The van der Waals surface area contributed by atoms with E-state index >= 15 is 0 Å². The van der Waals surface area contributed by atoms with E-state index in [1.807, 2.05) is 20.8 Å². The van der Waals surface area contributed by atoms with E-state index in [0.717, 1.165) is 0 Å². The van der Waals surface area contributed by atoms with Gasteiger partial charge < -0.3 is 20.3 Å². The largest absolute Gasteiger partial charge is 0.491 e. The summed E-state index contributed by atoms with van der Waals surface area (Å²) in [6.45, 7) is 5.67. The van der Waals surface area contributed by atoms with Gasteiger partial charge in [0.25, 0.3) is 5.54 Å². The molecule has 0 radical (unpaired) electrons. The Balaban J connectivity index is 2.29. The highest BCUT2D eigenvalue weighted by molar-refractivity contribution is 5.43. The highest BCUT2D eigenvalue weighted by Gasteiger charge is 2.77. The average Bonchev–Trinajstić information content (AvgIpc) is 2.63. The quantitative estimate of drug-likeness (QED) is 0.417. The van der Waals surface area contributed by atoms with Crippen molar-refractivity contribution >= 4 is 0 Å². The first-order valence-corrected chi connectivity index (χ1v) is 9.86. The molecule has 1 aromatic carbocycles. The molecule has 0 aliphatic heterocycles. The maximum atomic E-state index is 13.5. The number of alkyl halides is 6. The first kappa shape index (κ1) is 26.3. The standard InChI is InChI=1S/C20H26F6N2O4/c1-17(2,3)27-9-12(29)10-32-16-6-4-5-11-7-14(15(30)8-13(11)16)18(28-31,19(21,22)23)20(24,25)26/h4-6,12,14-15,27,29-30H,7-10H2,1-3H3. The molecule has 0 heterocycles. The second kappa shape index (κ2) is 9.14. The number of aliphatic hydroxyl groups excluding tert-OH is 2. The van der Waals surface area contributed by atoms with Crippen LogP contribution in [0.25, 0.3) is 0 Å². The molecule has 1 aliphatic carbocycles. The zero-order valence-corrected chi connectivity index (χ0v) is 17.7. The summed E-state index contributed by atoms with van der Waals surface area (Å²) in [6, 6.07) is 4.12. The smallest absolute Gasteiger partial charge is 0.426 e. The van der Waals surface area contributed by atoms with Crippen LogP contribution in [-0.2, 0) is 12.8 Å². The molecule has 2 rings (SSSR count). The molecule has 1 aromatic rings. The summed E-state index contributed by atoms with van der Waals surface area (Å²) in [7, 11) is 0. The minimum atomic E-state index is -6.05. The van der Waals surface area contributed by atoms with Crippen molar-refractivity contribution in [3.05, 3.63) is 34.2 Å². The number of nitrogens with one attached hydrogen (secondary N) is 1. The fraction of sp³-hybridized carbons (Fsp3) is 0.700. The van der Waals surface area contributed by atoms with Crippen LogP contribution in [-0.4, -0.2) is 59.0 Å². The van der Waals surface area contributed by atoms with Gasteiger partial charge in [-0.15, -0.1) is 4.91 Å². The van der Waals surface area contributed by atoms with Crippen molar-refractivity contribution in [3.8, 4) is 5.75 Å². The van der Waals surface area contributed by atoms with Crippen LogP contribution in [0.5, 0.6) is 5.75 Å². The molecule has 0 saturated heterocycles. The summed E-state index contributed by atoms with van der Waals surface area (Å²) in [6.07, 6.45) is -16.7. The molecule has 32 heavy (non-hydrogen) atoms. The third-order valence-corrected chi connectivity index (χ3v) is 5.39. The minimum Gasteiger partial charge on any atom is -0.491 e. The fourth-order valence-corrected chi connectivity index (χ4v) is 3.74. The number of hydrogen-bond acceptors (Lipinski definition) is 6. The van der Waals surface area contributed by atoms with Gasteiger partial charge >= 0.3 is 12.4 Å². The SMILES string of the molecule is CC(C)(C)NCC(O)COc1cccc2c1CC(O)C(C(N=O)(C(F)(F)F)C(F)(F)F)C2. The summed E-state index contributed by atoms with van der Waals surface area (Å²) in [5.41, 5.74) is -4.91. The number of β-amino-alcohol motifs (C(OH)–C–C–N with tert-alkyl or cyclic N) is 1. The lowest BCUT2D eigenvalue weighted by Crippen LogP contribution is -2.64. The Labute approximate surface area is 180 Å². The van der Waals surface area contributed by atoms with E-state index in [2.05, 4.69) is 5.32 Å². The molecule has 0 bridgehead atoms. The molecule has 0 amide bonds. The Bertz CT molecular complexity index is 793. The molecule has 6 nitrogen and oxygen atoms in total. The second-order valence-electron chi connectivity index (χ2n) is 8.92. The molecular weight excluding hydrogens is 446 g/mol. The van der Waals surface area contributed by atoms with E-state index in [1.54, 1.807) is 0 Å². The molecule has 12 heteroatoms. The zero-order valence-electron chi connectivity index (χ0n) is 17.7. The first-order chi connectivity index (χ1) is 14.5. The van der Waals surface area contributed by atoms with Gasteiger partial charge in [0.2, 0.25) is 0 Å². The second-order valence-corrected chi connectivity index (χ2v) is 8.92. The predicted molar refractivity (Wildman–Crippen MR) is 103 cm³/mol. The van der Waals surface area contributed by atoms with Crippen molar-refractivity contribution < 1.29 is 41.3 Å². The topological polar surface area (TPSA) is 91.2 Å². The van der Waals surface area contributed by atoms with Crippen LogP contribution in [0.2, 0.25) is 0 Å². The van der Waals surface area contributed by atoms with Crippen molar-refractivity contribution in [1.29, 1.82) is 0 Å². The van der Waals surface area contributed by atoms with Gasteiger partial charge in [-0.1, -0.05) is 12.1 Å². The first-order valence-electron chi connectivity index (χ1n) is 9.86. The Morgan fingerprint density at radius 2 is 1.72 bits per heavy atom. The molecule has 1 aliphatic rings. The van der Waals surface area contributed by atoms with E-state index in [4.69, 9.17) is 4.74 Å². The Morgan fingerprint density at radius 3 is 2.22 bits per heavy atom. The van der Waals surface area contributed by atoms with Gasteiger partial charge in [0.1, 0.15) is 18.5 Å². The van der Waals surface area contributed by atoms with Crippen LogP contribution >= 0.6 is 0 Å². The molecule has 0 aromatic heterocycles. The number of rotatable bonds is 7. The Kier molecular flexibility index (Phi) is 7.52. The van der Waals surface area contributed by atoms with Crippen molar-refractivity contribution in [3.63, 3.8) is 0 Å². The van der Waals surface area contributed by atoms with Gasteiger partial charge in [0.15, 0.2) is 0 Å². The lowest BCUT2D eigenvalue weighted by atomic mass is 9.70. The van der Waals surface area contributed by atoms with Gasteiger partial charge in [-0.2, -0.15) is 26.3 Å². The van der Waals surface area contributed by atoms with Crippen molar-refractivity contribution in [2.75, 3.05) is 13.2 Å². The van der Waals surface area contributed by atoms with Crippen LogP contribution in [0.15, 0.2) is 23.4 Å². The van der Waals surface area contributed by atoms with E-state index < -0.39 is 48.9 Å². The number of aliphatic hydroxyl groups is 2. The summed E-state index contributed by atoms with van der Waals surface area (Å²) in [4.78, 5) is 11.0.